The Kier molecular flexibility index (Phi) is 6.08. The van der Waals surface area contributed by atoms with Crippen LogP contribution in [-0.4, -0.2) is 34.1 Å². The molecule has 0 aliphatic carbocycles. The van der Waals surface area contributed by atoms with E-state index < -0.39 is 10.0 Å². The number of aryl methyl sites for hydroxylation is 2. The van der Waals surface area contributed by atoms with Crippen LogP contribution < -0.4 is 4.72 Å². The molecule has 1 aromatic rings. The van der Waals surface area contributed by atoms with Gasteiger partial charge in [0.15, 0.2) is 0 Å². The van der Waals surface area contributed by atoms with Gasteiger partial charge in [-0.15, -0.1) is 11.6 Å². The molecule has 0 saturated heterocycles. The van der Waals surface area contributed by atoms with E-state index in [2.05, 4.69) is 4.72 Å². The predicted molar refractivity (Wildman–Crippen MR) is 72.6 cm³/mol. The molecule has 0 heterocycles. The fourth-order valence-corrected chi connectivity index (χ4v) is 2.58. The summed E-state index contributed by atoms with van der Waals surface area (Å²) in [5.74, 6) is 0.407. The van der Waals surface area contributed by atoms with Crippen molar-refractivity contribution in [1.29, 1.82) is 0 Å². The summed E-state index contributed by atoms with van der Waals surface area (Å²) in [4.78, 5) is 0.281. The molecule has 0 fully saturated rings. The maximum atomic E-state index is 11.9. The monoisotopic (exact) mass is 291 g/mol. The van der Waals surface area contributed by atoms with Crippen LogP contribution in [0.15, 0.2) is 23.1 Å². The molecule has 6 heteroatoms. The number of hydrogen-bond donors (Lipinski definition) is 1. The van der Waals surface area contributed by atoms with Crippen LogP contribution in [-0.2, 0) is 14.8 Å². The summed E-state index contributed by atoms with van der Waals surface area (Å²) >= 11 is 5.43. The predicted octanol–water partition coefficient (Wildman–Crippen LogP) is 1.84. The minimum Gasteiger partial charge on any atom is -0.379 e. The molecule has 0 bridgehead atoms. The molecule has 0 aliphatic rings. The minimum atomic E-state index is -3.45. The lowest BCUT2D eigenvalue weighted by Crippen LogP contribution is -2.27. The van der Waals surface area contributed by atoms with Gasteiger partial charge in [0.1, 0.15) is 0 Å². The van der Waals surface area contributed by atoms with E-state index in [0.29, 0.717) is 19.1 Å². The van der Waals surface area contributed by atoms with E-state index in [4.69, 9.17) is 16.3 Å². The van der Waals surface area contributed by atoms with Gasteiger partial charge in [-0.25, -0.2) is 13.1 Å². The molecule has 0 atom stereocenters. The van der Waals surface area contributed by atoms with Crippen molar-refractivity contribution in [3.05, 3.63) is 29.3 Å². The van der Waals surface area contributed by atoms with Crippen molar-refractivity contribution in [2.45, 2.75) is 18.7 Å². The van der Waals surface area contributed by atoms with Crippen LogP contribution in [0, 0.1) is 13.8 Å². The Hall–Kier alpha value is -0.620. The highest BCUT2D eigenvalue weighted by Crippen LogP contribution is 2.14. The van der Waals surface area contributed by atoms with Gasteiger partial charge in [0.25, 0.3) is 0 Å². The lowest BCUT2D eigenvalue weighted by atomic mass is 10.1. The average molecular weight is 292 g/mol. The SMILES string of the molecule is Cc1ccc(S(=O)(=O)NCCOCCCl)cc1C. The molecule has 102 valence electrons. The van der Waals surface area contributed by atoms with E-state index in [1.165, 1.54) is 0 Å². The second-order valence-electron chi connectivity index (χ2n) is 3.95. The van der Waals surface area contributed by atoms with E-state index in [1.807, 2.05) is 13.8 Å². The highest BCUT2D eigenvalue weighted by molar-refractivity contribution is 7.89. The second kappa shape index (κ2) is 7.09. The van der Waals surface area contributed by atoms with E-state index in [9.17, 15) is 8.42 Å². The molecule has 4 nitrogen and oxygen atoms in total. The lowest BCUT2D eigenvalue weighted by molar-refractivity contribution is 0.155. The molecule has 1 aromatic carbocycles. The van der Waals surface area contributed by atoms with Crippen LogP contribution in [0.1, 0.15) is 11.1 Å². The number of halogens is 1. The lowest BCUT2D eigenvalue weighted by Gasteiger charge is -2.08. The number of ether oxygens (including phenoxy) is 1. The topological polar surface area (TPSA) is 55.4 Å². The van der Waals surface area contributed by atoms with Crippen LogP contribution >= 0.6 is 11.6 Å². The van der Waals surface area contributed by atoms with Crippen molar-refractivity contribution < 1.29 is 13.2 Å². The molecule has 0 aliphatic heterocycles. The van der Waals surface area contributed by atoms with Crippen molar-refractivity contribution in [2.24, 2.45) is 0 Å². The molecule has 0 amide bonds. The van der Waals surface area contributed by atoms with Crippen molar-refractivity contribution in [2.75, 3.05) is 25.6 Å². The van der Waals surface area contributed by atoms with Crippen LogP contribution in [0.25, 0.3) is 0 Å². The molecular formula is C12H18ClNO3S. The fourth-order valence-electron chi connectivity index (χ4n) is 1.37. The van der Waals surface area contributed by atoms with Gasteiger partial charge < -0.3 is 4.74 Å². The summed E-state index contributed by atoms with van der Waals surface area (Å²) in [6.07, 6.45) is 0. The number of sulfonamides is 1. The maximum absolute atomic E-state index is 11.9. The minimum absolute atomic E-state index is 0.242. The highest BCUT2D eigenvalue weighted by Gasteiger charge is 2.13. The van der Waals surface area contributed by atoms with Crippen molar-refractivity contribution in [3.8, 4) is 0 Å². The Labute approximate surface area is 113 Å². The number of alkyl halides is 1. The van der Waals surface area contributed by atoms with Crippen molar-refractivity contribution >= 4 is 21.6 Å². The van der Waals surface area contributed by atoms with E-state index >= 15 is 0 Å². The molecule has 0 radical (unpaired) electrons. The van der Waals surface area contributed by atoms with E-state index in [0.717, 1.165) is 11.1 Å². The van der Waals surface area contributed by atoms with Gasteiger partial charge in [0.05, 0.1) is 18.1 Å². The zero-order chi connectivity index (χ0) is 13.6. The summed E-state index contributed by atoms with van der Waals surface area (Å²) in [7, 11) is -3.45. The third kappa shape index (κ3) is 4.57. The summed E-state index contributed by atoms with van der Waals surface area (Å²) in [5, 5.41) is 0. The van der Waals surface area contributed by atoms with Crippen LogP contribution in [0.3, 0.4) is 0 Å². The molecule has 0 unspecified atom stereocenters. The number of hydrogen-bond acceptors (Lipinski definition) is 3. The Morgan fingerprint density at radius 2 is 1.94 bits per heavy atom. The zero-order valence-electron chi connectivity index (χ0n) is 10.6. The summed E-state index contributed by atoms with van der Waals surface area (Å²) < 4.78 is 31.5. The number of benzene rings is 1. The molecule has 18 heavy (non-hydrogen) atoms. The van der Waals surface area contributed by atoms with Gasteiger partial charge in [-0.1, -0.05) is 6.07 Å². The van der Waals surface area contributed by atoms with Crippen LogP contribution in [0.2, 0.25) is 0 Å². The van der Waals surface area contributed by atoms with Crippen LogP contribution in [0.4, 0.5) is 0 Å². The molecule has 0 aromatic heterocycles. The van der Waals surface area contributed by atoms with Crippen molar-refractivity contribution in [3.63, 3.8) is 0 Å². The Morgan fingerprint density at radius 3 is 2.56 bits per heavy atom. The quantitative estimate of drug-likeness (QED) is 0.616. The highest BCUT2D eigenvalue weighted by atomic mass is 35.5. The molecule has 1 N–H and O–H groups in total. The molecule has 0 saturated carbocycles. The second-order valence-corrected chi connectivity index (χ2v) is 6.09. The first kappa shape index (κ1) is 15.4. The van der Waals surface area contributed by atoms with Gasteiger partial charge in [-0.3, -0.25) is 0 Å². The van der Waals surface area contributed by atoms with Crippen molar-refractivity contribution in [1.82, 2.24) is 4.72 Å². The third-order valence-electron chi connectivity index (χ3n) is 2.55. The normalized spacial score (nSPS) is 11.7. The van der Waals surface area contributed by atoms with Gasteiger partial charge >= 0.3 is 0 Å². The fraction of sp³-hybridized carbons (Fsp3) is 0.500. The first-order chi connectivity index (χ1) is 8.47. The Bertz CT molecular complexity index is 488. The molecule has 1 rings (SSSR count). The average Bonchev–Trinajstić information content (AvgIpc) is 2.32. The summed E-state index contributed by atoms with van der Waals surface area (Å²) in [5.41, 5.74) is 2.02. The largest absolute Gasteiger partial charge is 0.379 e. The summed E-state index contributed by atoms with van der Waals surface area (Å²) in [6.45, 7) is 4.81. The van der Waals surface area contributed by atoms with Gasteiger partial charge in [0, 0.05) is 12.4 Å². The zero-order valence-corrected chi connectivity index (χ0v) is 12.1. The third-order valence-corrected chi connectivity index (χ3v) is 4.16. The summed E-state index contributed by atoms with van der Waals surface area (Å²) in [6, 6.07) is 5.06. The van der Waals surface area contributed by atoms with Gasteiger partial charge in [0.2, 0.25) is 10.0 Å². The van der Waals surface area contributed by atoms with E-state index in [-0.39, 0.29) is 11.4 Å². The van der Waals surface area contributed by atoms with Crippen LogP contribution in [0.5, 0.6) is 0 Å². The number of rotatable bonds is 7. The molecular weight excluding hydrogens is 274 g/mol. The van der Waals surface area contributed by atoms with Gasteiger partial charge in [-0.2, -0.15) is 0 Å². The standard InChI is InChI=1S/C12H18ClNO3S/c1-10-3-4-12(9-11(10)2)18(15,16)14-6-8-17-7-5-13/h3-4,9,14H,5-8H2,1-2H3. The molecule has 0 spiro atoms. The Morgan fingerprint density at radius 1 is 1.22 bits per heavy atom. The smallest absolute Gasteiger partial charge is 0.240 e. The number of nitrogens with one attached hydrogen (secondary N) is 1. The first-order valence-electron chi connectivity index (χ1n) is 5.68. The Balaban J connectivity index is 2.60. The van der Waals surface area contributed by atoms with E-state index in [1.54, 1.807) is 18.2 Å². The maximum Gasteiger partial charge on any atom is 0.240 e. The first-order valence-corrected chi connectivity index (χ1v) is 7.70. The van der Waals surface area contributed by atoms with Gasteiger partial charge in [-0.05, 0) is 37.1 Å².